The van der Waals surface area contributed by atoms with Crippen molar-refractivity contribution >= 4 is 5.71 Å². The first kappa shape index (κ1) is 9.48. The summed E-state index contributed by atoms with van der Waals surface area (Å²) in [6, 6.07) is 0. The molecule has 0 spiro atoms. The van der Waals surface area contributed by atoms with Gasteiger partial charge in [-0.1, -0.05) is 5.16 Å². The van der Waals surface area contributed by atoms with Gasteiger partial charge in [-0.05, 0) is 27.7 Å². The van der Waals surface area contributed by atoms with Crippen molar-refractivity contribution in [2.75, 3.05) is 6.54 Å². The topological polar surface area (TPSA) is 56.7 Å². The number of hydrogen-bond donors (Lipinski definition) is 3. The zero-order valence-electron chi connectivity index (χ0n) is 8.10. The van der Waals surface area contributed by atoms with E-state index in [0.29, 0.717) is 5.71 Å². The van der Waals surface area contributed by atoms with E-state index in [1.165, 1.54) is 0 Å². The highest BCUT2D eigenvalue weighted by Gasteiger charge is 2.40. The Labute approximate surface area is 73.0 Å². The largest absolute Gasteiger partial charge is 0.411 e. The van der Waals surface area contributed by atoms with Crippen LogP contribution in [0.4, 0.5) is 0 Å². The predicted molar refractivity (Wildman–Crippen MR) is 48.5 cm³/mol. The molecule has 1 unspecified atom stereocenters. The summed E-state index contributed by atoms with van der Waals surface area (Å²) in [6.07, 6.45) is 0. The van der Waals surface area contributed by atoms with Crippen LogP contribution < -0.4 is 10.6 Å². The quantitative estimate of drug-likeness (QED) is 0.306. The Bertz CT molecular complexity index is 212. The molecule has 4 heteroatoms. The van der Waals surface area contributed by atoms with Gasteiger partial charge in [-0.15, -0.1) is 0 Å². The Balaban J connectivity index is 2.78. The van der Waals surface area contributed by atoms with Crippen molar-refractivity contribution in [1.29, 1.82) is 0 Å². The van der Waals surface area contributed by atoms with E-state index in [-0.39, 0.29) is 11.2 Å². The molecule has 3 N–H and O–H groups in total. The van der Waals surface area contributed by atoms with E-state index >= 15 is 0 Å². The number of nitrogens with zero attached hydrogens (tertiary/aromatic N) is 1. The number of oxime groups is 1. The van der Waals surface area contributed by atoms with E-state index in [1.54, 1.807) is 6.92 Å². The summed E-state index contributed by atoms with van der Waals surface area (Å²) in [4.78, 5) is 0. The summed E-state index contributed by atoms with van der Waals surface area (Å²) in [5.41, 5.74) is 0.354. The van der Waals surface area contributed by atoms with E-state index in [2.05, 4.69) is 29.6 Å². The van der Waals surface area contributed by atoms with Gasteiger partial charge in [0.1, 0.15) is 5.66 Å². The van der Waals surface area contributed by atoms with Crippen molar-refractivity contribution in [2.24, 2.45) is 5.16 Å². The molecule has 0 aromatic rings. The minimum atomic E-state index is -0.363. The van der Waals surface area contributed by atoms with Gasteiger partial charge in [0.25, 0.3) is 0 Å². The highest BCUT2D eigenvalue weighted by molar-refractivity contribution is 5.90. The maximum absolute atomic E-state index is 8.64. The van der Waals surface area contributed by atoms with E-state index < -0.39 is 0 Å². The summed E-state index contributed by atoms with van der Waals surface area (Å²) in [5, 5.41) is 18.5. The van der Waals surface area contributed by atoms with Crippen molar-refractivity contribution in [1.82, 2.24) is 10.6 Å². The molecule has 0 amide bonds. The number of nitrogens with one attached hydrogen (secondary N) is 2. The Kier molecular flexibility index (Phi) is 2.14. The smallest absolute Gasteiger partial charge is 0.109 e. The van der Waals surface area contributed by atoms with Crippen molar-refractivity contribution in [3.05, 3.63) is 0 Å². The third-order valence-electron chi connectivity index (χ3n) is 2.35. The second kappa shape index (κ2) is 2.71. The second-order valence-electron chi connectivity index (χ2n) is 4.17. The normalized spacial score (nSPS) is 35.5. The highest BCUT2D eigenvalue weighted by Crippen LogP contribution is 2.17. The highest BCUT2D eigenvalue weighted by atomic mass is 16.4. The lowest BCUT2D eigenvalue weighted by atomic mass is 10.1. The van der Waals surface area contributed by atoms with Crippen molar-refractivity contribution in [3.63, 3.8) is 0 Å². The second-order valence-corrected chi connectivity index (χ2v) is 4.17. The first-order valence-electron chi connectivity index (χ1n) is 4.13. The van der Waals surface area contributed by atoms with Crippen LogP contribution in [0.3, 0.4) is 0 Å². The van der Waals surface area contributed by atoms with Gasteiger partial charge in [0.2, 0.25) is 0 Å². The third-order valence-corrected chi connectivity index (χ3v) is 2.35. The van der Waals surface area contributed by atoms with Gasteiger partial charge in [0, 0.05) is 12.1 Å². The van der Waals surface area contributed by atoms with Crippen LogP contribution >= 0.6 is 0 Å². The molecule has 1 aliphatic rings. The molecule has 1 atom stereocenters. The SMILES string of the molecule is C/C(=N\O)C1(C)NCC(C)(C)N1. The maximum Gasteiger partial charge on any atom is 0.109 e. The zero-order chi connectivity index (χ0) is 9.41. The maximum atomic E-state index is 8.64. The summed E-state index contributed by atoms with van der Waals surface area (Å²) < 4.78 is 0. The standard InChI is InChI=1S/C8H17N3O/c1-6(10-12)8(4)9-5-7(2,3)11-8/h9,11-12H,5H2,1-4H3/b10-6+. The van der Waals surface area contributed by atoms with Crippen molar-refractivity contribution < 1.29 is 5.21 Å². The molecule has 0 radical (unpaired) electrons. The van der Waals surface area contributed by atoms with Gasteiger partial charge in [-0.25, -0.2) is 0 Å². The van der Waals surface area contributed by atoms with Crippen LogP contribution in [0.15, 0.2) is 5.16 Å². The summed E-state index contributed by atoms with van der Waals surface area (Å²) in [6.45, 7) is 8.85. The van der Waals surface area contributed by atoms with Crippen LogP contribution in [-0.2, 0) is 0 Å². The molecule has 1 heterocycles. The monoisotopic (exact) mass is 171 g/mol. The van der Waals surface area contributed by atoms with Crippen LogP contribution in [0.5, 0.6) is 0 Å². The molecule has 0 aromatic heterocycles. The lowest BCUT2D eigenvalue weighted by Gasteiger charge is -2.27. The fourth-order valence-corrected chi connectivity index (χ4v) is 1.48. The molecule has 70 valence electrons. The molecule has 0 aliphatic carbocycles. The van der Waals surface area contributed by atoms with Gasteiger partial charge in [-0.3, -0.25) is 10.6 Å². The van der Waals surface area contributed by atoms with Crippen LogP contribution in [0.2, 0.25) is 0 Å². The van der Waals surface area contributed by atoms with Crippen LogP contribution in [0, 0.1) is 0 Å². The molecule has 0 saturated carbocycles. The Morgan fingerprint density at radius 1 is 1.42 bits per heavy atom. The number of rotatable bonds is 1. The first-order chi connectivity index (χ1) is 5.40. The van der Waals surface area contributed by atoms with Gasteiger partial charge < -0.3 is 5.21 Å². The van der Waals surface area contributed by atoms with Gasteiger partial charge in [-0.2, -0.15) is 0 Å². The van der Waals surface area contributed by atoms with Crippen molar-refractivity contribution in [2.45, 2.75) is 38.9 Å². The lowest BCUT2D eigenvalue weighted by Crippen LogP contribution is -2.54. The van der Waals surface area contributed by atoms with E-state index in [0.717, 1.165) is 6.54 Å². The number of hydrogen-bond acceptors (Lipinski definition) is 4. The molecular formula is C8H17N3O. The van der Waals surface area contributed by atoms with Crippen LogP contribution in [0.1, 0.15) is 27.7 Å². The molecule has 1 rings (SSSR count). The summed E-state index contributed by atoms with van der Waals surface area (Å²) >= 11 is 0. The summed E-state index contributed by atoms with van der Waals surface area (Å²) in [7, 11) is 0. The third kappa shape index (κ3) is 1.59. The molecule has 1 fully saturated rings. The average molecular weight is 171 g/mol. The molecule has 1 aliphatic heterocycles. The molecule has 0 bridgehead atoms. The molecule has 0 aromatic carbocycles. The average Bonchev–Trinajstić information content (AvgIpc) is 2.25. The van der Waals surface area contributed by atoms with E-state index in [4.69, 9.17) is 5.21 Å². The van der Waals surface area contributed by atoms with Crippen LogP contribution in [0.25, 0.3) is 0 Å². The van der Waals surface area contributed by atoms with Gasteiger partial charge >= 0.3 is 0 Å². The van der Waals surface area contributed by atoms with E-state index in [1.807, 2.05) is 6.92 Å². The van der Waals surface area contributed by atoms with Gasteiger partial charge in [0.05, 0.1) is 5.71 Å². The Hall–Kier alpha value is -0.610. The Morgan fingerprint density at radius 3 is 2.33 bits per heavy atom. The van der Waals surface area contributed by atoms with Gasteiger partial charge in [0.15, 0.2) is 0 Å². The Morgan fingerprint density at radius 2 is 2.00 bits per heavy atom. The van der Waals surface area contributed by atoms with E-state index in [9.17, 15) is 0 Å². The molecule has 4 nitrogen and oxygen atoms in total. The van der Waals surface area contributed by atoms with Crippen molar-refractivity contribution in [3.8, 4) is 0 Å². The minimum Gasteiger partial charge on any atom is -0.411 e. The predicted octanol–water partition coefficient (Wildman–Crippen LogP) is 0.524. The fourth-order valence-electron chi connectivity index (χ4n) is 1.48. The molecular weight excluding hydrogens is 154 g/mol. The minimum absolute atomic E-state index is 0.0562. The zero-order valence-corrected chi connectivity index (χ0v) is 8.10. The van der Waals surface area contributed by atoms with Crippen LogP contribution in [-0.4, -0.2) is 28.7 Å². The molecule has 12 heavy (non-hydrogen) atoms. The summed E-state index contributed by atoms with van der Waals surface area (Å²) in [5.74, 6) is 0. The fraction of sp³-hybridized carbons (Fsp3) is 0.875. The lowest BCUT2D eigenvalue weighted by molar-refractivity contribution is 0.306. The molecule has 1 saturated heterocycles. The first-order valence-corrected chi connectivity index (χ1v) is 4.13.